The summed E-state index contributed by atoms with van der Waals surface area (Å²) in [5.74, 6) is 0.446. The molecular weight excluding hydrogens is 885 g/mol. The Kier molecular flexibility index (Phi) is 18.6. The number of phosphoric acid groups is 1. The van der Waals surface area contributed by atoms with Crippen molar-refractivity contribution in [2.45, 2.75) is 81.4 Å². The summed E-state index contributed by atoms with van der Waals surface area (Å²) >= 11 is 0. The van der Waals surface area contributed by atoms with E-state index in [-0.39, 0.29) is 35.0 Å². The molecule has 1 aromatic heterocycles. The predicted molar refractivity (Wildman–Crippen MR) is 255 cm³/mol. The van der Waals surface area contributed by atoms with E-state index in [1.165, 1.54) is 40.2 Å². The number of aliphatic hydroxyl groups excluding tert-OH is 1. The maximum atomic E-state index is 13.8. The van der Waals surface area contributed by atoms with E-state index in [0.717, 1.165) is 64.7 Å². The van der Waals surface area contributed by atoms with Crippen LogP contribution in [0.15, 0.2) is 114 Å². The Morgan fingerprint density at radius 3 is 2.24 bits per heavy atom. The number of anilines is 4. The molecule has 5 aromatic rings. The molecule has 18 heteroatoms. The second kappa shape index (κ2) is 24.3. The van der Waals surface area contributed by atoms with Crippen LogP contribution in [0.3, 0.4) is 0 Å². The first-order chi connectivity index (χ1) is 31.7. The molecule has 0 saturated carbocycles. The summed E-state index contributed by atoms with van der Waals surface area (Å²) in [6, 6.07) is 29.1. The van der Waals surface area contributed by atoms with Gasteiger partial charge in [0.2, 0.25) is 16.0 Å². The van der Waals surface area contributed by atoms with E-state index in [4.69, 9.17) is 9.26 Å². The maximum Gasteiger partial charge on any atom is 0.524 e. The van der Waals surface area contributed by atoms with Gasteiger partial charge < -0.3 is 34.8 Å². The molecule has 0 radical (unpaired) electrons. The number of aromatic nitrogens is 2. The summed E-state index contributed by atoms with van der Waals surface area (Å²) in [7, 11) is -5.14. The molecule has 15 nitrogen and oxygen atoms in total. The van der Waals surface area contributed by atoms with Crippen LogP contribution in [0.4, 0.5) is 27.5 Å². The molecule has 1 atom stereocenters. The molecule has 4 aromatic carbocycles. The normalized spacial score (nSPS) is 17.1. The highest BCUT2D eigenvalue weighted by Gasteiger charge is 2.37. The fraction of sp³-hybridized carbons (Fsp3) is 0.417. The fourth-order valence-electron chi connectivity index (χ4n) is 8.05. The summed E-state index contributed by atoms with van der Waals surface area (Å²) in [6.45, 7) is 4.15. The van der Waals surface area contributed by atoms with Gasteiger partial charge in [-0.2, -0.15) is 9.29 Å². The number of unbranched alkanes of at least 4 members (excludes halogenated alkanes) is 4. The lowest BCUT2D eigenvalue weighted by molar-refractivity contribution is -0.927. The molecule has 6 N–H and O–H groups in total. The second-order valence-electron chi connectivity index (χ2n) is 17.2. The Hall–Kier alpha value is -4.81. The summed E-state index contributed by atoms with van der Waals surface area (Å²) in [6.07, 6.45) is 9.10. The van der Waals surface area contributed by atoms with Crippen LogP contribution in [0.1, 0.15) is 74.2 Å². The Morgan fingerprint density at radius 1 is 0.864 bits per heavy atom. The van der Waals surface area contributed by atoms with Crippen molar-refractivity contribution in [3.8, 4) is 5.75 Å². The number of halogens is 1. The Labute approximate surface area is 388 Å². The van der Waals surface area contributed by atoms with Crippen molar-refractivity contribution >= 4 is 41.0 Å². The van der Waals surface area contributed by atoms with Gasteiger partial charge in [0.25, 0.3) is 0 Å². The number of piperidine rings is 1. The van der Waals surface area contributed by atoms with Crippen molar-refractivity contribution in [3.05, 3.63) is 132 Å². The second-order valence-corrected chi connectivity index (χ2v) is 20.3. The van der Waals surface area contributed by atoms with Crippen molar-refractivity contribution in [2.24, 2.45) is 0 Å². The van der Waals surface area contributed by atoms with Gasteiger partial charge in [-0.05, 0) is 117 Å². The average molecular weight is 949 g/mol. The summed E-state index contributed by atoms with van der Waals surface area (Å²) < 4.78 is 65.8. The number of sulfonamides is 1. The van der Waals surface area contributed by atoms with Crippen molar-refractivity contribution in [3.63, 3.8) is 0 Å². The van der Waals surface area contributed by atoms with Gasteiger partial charge in [0, 0.05) is 68.8 Å². The zero-order chi connectivity index (χ0) is 47.0. The zero-order valence-corrected chi connectivity index (χ0v) is 39.5. The van der Waals surface area contributed by atoms with Crippen LogP contribution in [0, 0.1) is 5.82 Å². The standard InChI is InChI=1S/C48H63FN7O8PS/c1-55(66(61,62)44-23-21-42(22-24-44)53-48-51-29-25-47(54-48)52-41-19-17-40(49)18-20-41)43-26-30-56(2,31-27-43)36-39-16-15-38(34-46(39)64-65(58,59)60)45(57)35-50-28-9-3-4-10-32-63-33-11-8-14-37-12-6-5-7-13-37/h5-7,12-13,15-25,29,34,43,45,50,57H,3-4,8-11,14,26-28,30-33,35-36H2,1-2H3,(H3-,51,52,53,54,58,59,60)/p+1. The lowest BCUT2D eigenvalue weighted by Crippen LogP contribution is -2.53. The highest BCUT2D eigenvalue weighted by Crippen LogP contribution is 2.41. The van der Waals surface area contributed by atoms with E-state index in [2.05, 4.69) is 50.2 Å². The van der Waals surface area contributed by atoms with E-state index < -0.39 is 23.9 Å². The van der Waals surface area contributed by atoms with E-state index in [9.17, 15) is 32.3 Å². The van der Waals surface area contributed by atoms with Gasteiger partial charge in [-0.25, -0.2) is 22.4 Å². The van der Waals surface area contributed by atoms with Crippen LogP contribution in [0.5, 0.6) is 5.75 Å². The van der Waals surface area contributed by atoms with Gasteiger partial charge in [-0.1, -0.05) is 49.2 Å². The van der Waals surface area contributed by atoms with E-state index in [1.807, 2.05) is 13.1 Å². The number of aliphatic hydroxyl groups is 1. The maximum absolute atomic E-state index is 13.8. The monoisotopic (exact) mass is 948 g/mol. The number of rotatable bonds is 26. The third-order valence-corrected chi connectivity index (χ3v) is 14.3. The highest BCUT2D eigenvalue weighted by molar-refractivity contribution is 7.89. The summed E-state index contributed by atoms with van der Waals surface area (Å²) in [5, 5.41) is 20.5. The van der Waals surface area contributed by atoms with Crippen molar-refractivity contribution < 1.29 is 46.0 Å². The molecule has 2 heterocycles. The molecule has 66 heavy (non-hydrogen) atoms. The summed E-state index contributed by atoms with van der Waals surface area (Å²) in [5.41, 5.74) is 3.66. The molecule has 1 aliphatic heterocycles. The fourth-order valence-corrected chi connectivity index (χ4v) is 9.89. The number of aryl methyl sites for hydroxylation is 1. The molecule has 356 valence electrons. The van der Waals surface area contributed by atoms with Gasteiger partial charge in [0.15, 0.2) is 0 Å². The van der Waals surface area contributed by atoms with Crippen LogP contribution in [-0.4, -0.2) is 102 Å². The third kappa shape index (κ3) is 15.9. The zero-order valence-electron chi connectivity index (χ0n) is 37.8. The smallest absolute Gasteiger partial charge is 0.404 e. The van der Waals surface area contributed by atoms with Crippen molar-refractivity contribution in [2.75, 3.05) is 64.1 Å². The van der Waals surface area contributed by atoms with Gasteiger partial charge in [-0.3, -0.25) is 9.79 Å². The van der Waals surface area contributed by atoms with Crippen molar-refractivity contribution in [1.82, 2.24) is 19.6 Å². The molecule has 0 bridgehead atoms. The quantitative estimate of drug-likeness (QED) is 0.0177. The van der Waals surface area contributed by atoms with Crippen LogP contribution >= 0.6 is 7.82 Å². The van der Waals surface area contributed by atoms with Crippen LogP contribution in [-0.2, 0) is 32.3 Å². The number of quaternary nitrogens is 1. The summed E-state index contributed by atoms with van der Waals surface area (Å²) in [4.78, 5) is 28.4. The largest absolute Gasteiger partial charge is 0.524 e. The molecule has 1 unspecified atom stereocenters. The number of phosphoric ester groups is 1. The topological polar surface area (TPSA) is 195 Å². The third-order valence-electron chi connectivity index (χ3n) is 11.9. The molecular formula is C48H64FN7O8PS+. The minimum Gasteiger partial charge on any atom is -0.404 e. The van der Waals surface area contributed by atoms with Gasteiger partial charge >= 0.3 is 7.82 Å². The lowest BCUT2D eigenvalue weighted by atomic mass is 10.0. The Morgan fingerprint density at radius 2 is 1.53 bits per heavy atom. The number of nitrogens with zero attached hydrogens (tertiary/aromatic N) is 4. The number of benzene rings is 4. The predicted octanol–water partition coefficient (Wildman–Crippen LogP) is 8.23. The molecule has 6 rings (SSSR count). The molecule has 0 aliphatic carbocycles. The first kappa shape index (κ1) is 50.6. The van der Waals surface area contributed by atoms with Crippen LogP contribution in [0.2, 0.25) is 0 Å². The number of hydrogen-bond donors (Lipinski definition) is 6. The number of ether oxygens (including phenoxy) is 1. The molecule has 0 amide bonds. The molecule has 1 saturated heterocycles. The Balaban J connectivity index is 0.926. The lowest BCUT2D eigenvalue weighted by Gasteiger charge is -2.42. The molecule has 0 spiro atoms. The first-order valence-electron chi connectivity index (χ1n) is 22.6. The van der Waals surface area contributed by atoms with Gasteiger partial charge in [-0.15, -0.1) is 0 Å². The van der Waals surface area contributed by atoms with Crippen molar-refractivity contribution in [1.29, 1.82) is 0 Å². The number of hydrogen-bond acceptors (Lipinski definition) is 11. The minimum atomic E-state index is -4.92. The molecule has 1 aliphatic rings. The molecule has 1 fully saturated rings. The van der Waals surface area contributed by atoms with Crippen LogP contribution in [0.25, 0.3) is 0 Å². The number of likely N-dealkylation sites (tertiary alicyclic amines) is 1. The first-order valence-corrected chi connectivity index (χ1v) is 25.6. The van der Waals surface area contributed by atoms with E-state index in [0.29, 0.717) is 65.3 Å². The van der Waals surface area contributed by atoms with Gasteiger partial charge in [0.1, 0.15) is 23.9 Å². The number of nitrogens with one attached hydrogen (secondary N) is 3. The van der Waals surface area contributed by atoms with Crippen LogP contribution < -0.4 is 20.5 Å². The minimum absolute atomic E-state index is 0.0123. The highest BCUT2D eigenvalue weighted by atomic mass is 32.2. The van der Waals surface area contributed by atoms with E-state index in [1.54, 1.807) is 55.7 Å². The van der Waals surface area contributed by atoms with E-state index >= 15 is 0 Å². The van der Waals surface area contributed by atoms with Gasteiger partial charge in [0.05, 0.1) is 31.1 Å². The average Bonchev–Trinajstić information content (AvgIpc) is 3.29. The Bertz CT molecular complexity index is 2420. The SMILES string of the molecule is CN(C1CC[N+](C)(Cc2ccc(C(O)CNCCCCCCOCCCCc3ccccc3)cc2OP(=O)(O)O)CC1)S(=O)(=O)c1ccc(Nc2nccc(Nc3ccc(F)cc3)n2)cc1.